The van der Waals surface area contributed by atoms with Crippen LogP contribution in [0.4, 0.5) is 15.9 Å². The molecule has 218 valence electrons. The van der Waals surface area contributed by atoms with Gasteiger partial charge in [0.25, 0.3) is 5.91 Å². The number of thioether (sulfide) groups is 1. The summed E-state index contributed by atoms with van der Waals surface area (Å²) in [5.74, 6) is 1.21. The molecule has 3 heterocycles. The first-order chi connectivity index (χ1) is 20.0. The summed E-state index contributed by atoms with van der Waals surface area (Å²) in [6.45, 7) is 8.02. The molecule has 0 saturated carbocycles. The number of nitrogens with one attached hydrogen (secondary N) is 1. The summed E-state index contributed by atoms with van der Waals surface area (Å²) in [5.41, 5.74) is 2.38. The number of hydrogen-bond acceptors (Lipinski definition) is 7. The van der Waals surface area contributed by atoms with Crippen molar-refractivity contribution in [3.05, 3.63) is 76.7 Å². The smallest absolute Gasteiger partial charge is 0.251 e. The first kappa shape index (κ1) is 29.6. The van der Waals surface area contributed by atoms with Crippen molar-refractivity contribution in [3.8, 4) is 0 Å². The van der Waals surface area contributed by atoms with Crippen molar-refractivity contribution in [2.45, 2.75) is 49.6 Å². The maximum absolute atomic E-state index is 14.2. The summed E-state index contributed by atoms with van der Waals surface area (Å²) in [5, 5.41) is 4.06. The number of benzene rings is 2. The van der Waals surface area contributed by atoms with Crippen LogP contribution in [-0.2, 0) is 5.75 Å². The van der Waals surface area contributed by atoms with Gasteiger partial charge in [0.15, 0.2) is 5.16 Å². The number of nitrogens with zero attached hydrogens (tertiary/aromatic N) is 5. The van der Waals surface area contributed by atoms with Crippen molar-refractivity contribution in [1.29, 1.82) is 0 Å². The monoisotopic (exact) mass is 596 g/mol. The van der Waals surface area contributed by atoms with E-state index in [1.807, 2.05) is 36.4 Å². The number of likely N-dealkylation sites (tertiary alicyclic amines) is 1. The van der Waals surface area contributed by atoms with Gasteiger partial charge < -0.3 is 20.0 Å². The third kappa shape index (κ3) is 8.11. The van der Waals surface area contributed by atoms with Crippen LogP contribution in [0.3, 0.4) is 0 Å². The molecule has 3 aromatic rings. The van der Waals surface area contributed by atoms with Crippen molar-refractivity contribution in [2.75, 3.05) is 55.6 Å². The zero-order valence-corrected chi connectivity index (χ0v) is 25.1. The largest absolute Gasteiger partial charge is 0.366 e. The molecule has 5 rings (SSSR count). The number of rotatable bonds is 10. The number of carbonyl (C=O) groups is 1. The third-order valence-electron chi connectivity index (χ3n) is 7.89. The molecule has 0 aliphatic carbocycles. The highest BCUT2D eigenvalue weighted by atomic mass is 35.5. The number of amides is 1. The number of anilines is 2. The van der Waals surface area contributed by atoms with E-state index >= 15 is 0 Å². The fraction of sp³-hybridized carbons (Fsp3) is 0.452. The van der Waals surface area contributed by atoms with Crippen molar-refractivity contribution in [3.63, 3.8) is 0 Å². The lowest BCUT2D eigenvalue weighted by Crippen LogP contribution is -2.47. The molecule has 1 unspecified atom stereocenters. The molecular weight excluding hydrogens is 559 g/mol. The minimum atomic E-state index is -0.198. The molecule has 10 heteroatoms. The van der Waals surface area contributed by atoms with E-state index in [0.717, 1.165) is 24.3 Å². The van der Waals surface area contributed by atoms with E-state index in [1.165, 1.54) is 43.6 Å². The highest BCUT2D eigenvalue weighted by molar-refractivity contribution is 7.98. The number of aromatic nitrogens is 2. The lowest BCUT2D eigenvalue weighted by Gasteiger charge is -2.36. The Morgan fingerprint density at radius 2 is 1.78 bits per heavy atom. The van der Waals surface area contributed by atoms with Crippen LogP contribution in [0.5, 0.6) is 0 Å². The van der Waals surface area contributed by atoms with Gasteiger partial charge in [-0.1, -0.05) is 54.0 Å². The Bertz CT molecular complexity index is 1300. The second kappa shape index (κ2) is 14.3. The SMILES string of the molecule is CC1CCCCN1CCCNC(=O)c1ccc(CSc2nc(Cl)cc(N3CCN(c4ccccc4F)CC3)n2)cc1. The molecule has 41 heavy (non-hydrogen) atoms. The molecule has 1 atom stereocenters. The van der Waals surface area contributed by atoms with Crippen molar-refractivity contribution in [1.82, 2.24) is 20.2 Å². The average molecular weight is 597 g/mol. The van der Waals surface area contributed by atoms with Gasteiger partial charge in [0, 0.05) is 62.7 Å². The van der Waals surface area contributed by atoms with Crippen molar-refractivity contribution in [2.24, 2.45) is 0 Å². The van der Waals surface area contributed by atoms with E-state index < -0.39 is 0 Å². The summed E-state index contributed by atoms with van der Waals surface area (Å²) in [4.78, 5) is 28.5. The number of carbonyl (C=O) groups excluding carboxylic acids is 1. The van der Waals surface area contributed by atoms with E-state index in [4.69, 9.17) is 16.6 Å². The molecule has 7 nitrogen and oxygen atoms in total. The van der Waals surface area contributed by atoms with Crippen LogP contribution in [0.15, 0.2) is 59.8 Å². The molecule has 2 aliphatic rings. The molecular formula is C31H38ClFN6OS. The van der Waals surface area contributed by atoms with E-state index in [1.54, 1.807) is 12.1 Å². The Morgan fingerprint density at radius 1 is 1.02 bits per heavy atom. The average Bonchev–Trinajstić information content (AvgIpc) is 2.99. The number of halogens is 2. The van der Waals surface area contributed by atoms with Gasteiger partial charge in [-0.3, -0.25) is 4.79 Å². The van der Waals surface area contributed by atoms with Gasteiger partial charge in [-0.2, -0.15) is 0 Å². The molecule has 1 aromatic heterocycles. The van der Waals surface area contributed by atoms with Crippen LogP contribution < -0.4 is 15.1 Å². The van der Waals surface area contributed by atoms with E-state index in [2.05, 4.69) is 31.9 Å². The van der Waals surface area contributed by atoms with E-state index in [9.17, 15) is 9.18 Å². The lowest BCUT2D eigenvalue weighted by atomic mass is 10.0. The van der Waals surface area contributed by atoms with Crippen LogP contribution in [-0.4, -0.2) is 72.6 Å². The van der Waals surface area contributed by atoms with Gasteiger partial charge in [-0.15, -0.1) is 0 Å². The van der Waals surface area contributed by atoms with Crippen LogP contribution in [0.25, 0.3) is 0 Å². The predicted octanol–water partition coefficient (Wildman–Crippen LogP) is 5.88. The minimum Gasteiger partial charge on any atom is -0.366 e. The molecule has 1 amide bonds. The van der Waals surface area contributed by atoms with Gasteiger partial charge in [0.05, 0.1) is 5.69 Å². The normalized spacial score (nSPS) is 18.0. The summed E-state index contributed by atoms with van der Waals surface area (Å²) in [6, 6.07) is 17.0. The van der Waals surface area contributed by atoms with Crippen LogP contribution in [0.1, 0.15) is 48.5 Å². The summed E-state index contributed by atoms with van der Waals surface area (Å²) >= 11 is 7.87. The second-order valence-corrected chi connectivity index (χ2v) is 12.1. The summed E-state index contributed by atoms with van der Waals surface area (Å²) in [6.07, 6.45) is 4.85. The fourth-order valence-electron chi connectivity index (χ4n) is 5.47. The Kier molecular flexibility index (Phi) is 10.4. The Morgan fingerprint density at radius 3 is 2.54 bits per heavy atom. The maximum Gasteiger partial charge on any atom is 0.251 e. The van der Waals surface area contributed by atoms with Crippen LogP contribution in [0, 0.1) is 5.82 Å². The lowest BCUT2D eigenvalue weighted by molar-refractivity contribution is 0.0949. The van der Waals surface area contributed by atoms with Crippen molar-refractivity contribution >= 4 is 40.8 Å². The molecule has 0 radical (unpaired) electrons. The topological polar surface area (TPSA) is 64.6 Å². The molecule has 0 spiro atoms. The van der Waals surface area contributed by atoms with Crippen LogP contribution >= 0.6 is 23.4 Å². The van der Waals surface area contributed by atoms with Gasteiger partial charge in [-0.25, -0.2) is 14.4 Å². The molecule has 2 saturated heterocycles. The zero-order chi connectivity index (χ0) is 28.6. The van der Waals surface area contributed by atoms with E-state index in [0.29, 0.717) is 66.1 Å². The molecule has 2 fully saturated rings. The highest BCUT2D eigenvalue weighted by Gasteiger charge is 2.21. The Labute approximate surface area is 251 Å². The standard InChI is InChI=1S/C31H38ClFN6OS/c1-23-7-4-5-15-37(23)16-6-14-34-30(40)25-12-10-24(11-13-25)22-41-31-35-28(32)21-29(36-31)39-19-17-38(18-20-39)27-9-3-2-8-26(27)33/h2-3,8-13,21,23H,4-7,14-20,22H2,1H3,(H,34,40). The number of piperidine rings is 1. The number of para-hydroxylation sites is 1. The summed E-state index contributed by atoms with van der Waals surface area (Å²) < 4.78 is 14.2. The summed E-state index contributed by atoms with van der Waals surface area (Å²) in [7, 11) is 0. The van der Waals surface area contributed by atoms with Gasteiger partial charge >= 0.3 is 0 Å². The molecule has 2 aromatic carbocycles. The molecule has 1 N–H and O–H groups in total. The molecule has 0 bridgehead atoms. The Balaban J connectivity index is 1.08. The highest BCUT2D eigenvalue weighted by Crippen LogP contribution is 2.27. The second-order valence-electron chi connectivity index (χ2n) is 10.7. The number of hydrogen-bond donors (Lipinski definition) is 1. The quantitative estimate of drug-likeness (QED) is 0.136. The molecule has 2 aliphatic heterocycles. The van der Waals surface area contributed by atoms with Gasteiger partial charge in [0.2, 0.25) is 0 Å². The number of piperazine rings is 1. The van der Waals surface area contributed by atoms with Gasteiger partial charge in [-0.05, 0) is 62.6 Å². The minimum absolute atomic E-state index is 0.0335. The third-order valence-corrected chi connectivity index (χ3v) is 9.00. The first-order valence-electron chi connectivity index (χ1n) is 14.5. The zero-order valence-electron chi connectivity index (χ0n) is 23.6. The van der Waals surface area contributed by atoms with Crippen molar-refractivity contribution < 1.29 is 9.18 Å². The van der Waals surface area contributed by atoms with Gasteiger partial charge in [0.1, 0.15) is 16.8 Å². The maximum atomic E-state index is 14.2. The first-order valence-corrected chi connectivity index (χ1v) is 15.9. The predicted molar refractivity (Wildman–Crippen MR) is 166 cm³/mol. The van der Waals surface area contributed by atoms with Crippen LogP contribution in [0.2, 0.25) is 5.15 Å². The fourth-order valence-corrected chi connectivity index (χ4v) is 6.51. The van der Waals surface area contributed by atoms with E-state index in [-0.39, 0.29) is 11.7 Å². The Hall–Kier alpha value is -2.88.